The van der Waals surface area contributed by atoms with Crippen LogP contribution in [-0.2, 0) is 0 Å². The summed E-state index contributed by atoms with van der Waals surface area (Å²) in [4.78, 5) is 7.68. The van der Waals surface area contributed by atoms with Gasteiger partial charge in [0.25, 0.3) is 6.43 Å². The Morgan fingerprint density at radius 3 is 2.50 bits per heavy atom. The molecule has 3 rings (SSSR count). The van der Waals surface area contributed by atoms with Gasteiger partial charge in [0, 0.05) is 5.56 Å². The summed E-state index contributed by atoms with van der Waals surface area (Å²) in [6.07, 6.45) is -2.47. The van der Waals surface area contributed by atoms with Crippen molar-refractivity contribution in [3.05, 3.63) is 48.5 Å². The number of para-hydroxylation sites is 2. The summed E-state index contributed by atoms with van der Waals surface area (Å²) in [6, 6.07) is 14.6. The first-order valence-corrected chi connectivity index (χ1v) is 6.18. The highest BCUT2D eigenvalue weighted by Gasteiger charge is 2.06. The number of fused-ring (bicyclic) bond motifs is 1. The summed E-state index contributed by atoms with van der Waals surface area (Å²) in [6.45, 7) is -0.593. The number of nitrogens with one attached hydrogen (secondary N) is 1. The number of alkyl halides is 2. The molecule has 20 heavy (non-hydrogen) atoms. The first-order valence-electron chi connectivity index (χ1n) is 6.18. The van der Waals surface area contributed by atoms with Gasteiger partial charge in [0.15, 0.2) is 0 Å². The normalized spacial score (nSPS) is 11.2. The van der Waals surface area contributed by atoms with Crippen LogP contribution in [0.5, 0.6) is 5.75 Å². The van der Waals surface area contributed by atoms with Gasteiger partial charge in [-0.2, -0.15) is 0 Å². The van der Waals surface area contributed by atoms with Crippen molar-refractivity contribution in [2.24, 2.45) is 0 Å². The minimum Gasteiger partial charge on any atom is -0.488 e. The van der Waals surface area contributed by atoms with E-state index in [4.69, 9.17) is 4.74 Å². The van der Waals surface area contributed by atoms with E-state index in [1.807, 2.05) is 24.3 Å². The lowest BCUT2D eigenvalue weighted by molar-refractivity contribution is 0.0819. The molecule has 0 aliphatic heterocycles. The molecule has 0 radical (unpaired) electrons. The molecular weight excluding hydrogens is 262 g/mol. The molecule has 102 valence electrons. The molecule has 0 aliphatic carbocycles. The number of hydrogen-bond donors (Lipinski definition) is 1. The van der Waals surface area contributed by atoms with E-state index < -0.39 is 13.0 Å². The van der Waals surface area contributed by atoms with Crippen molar-refractivity contribution >= 4 is 11.0 Å². The molecule has 5 heteroatoms. The third-order valence-corrected chi connectivity index (χ3v) is 2.89. The van der Waals surface area contributed by atoms with Gasteiger partial charge in [-0.3, -0.25) is 0 Å². The van der Waals surface area contributed by atoms with Crippen LogP contribution in [0.15, 0.2) is 48.5 Å². The van der Waals surface area contributed by atoms with Gasteiger partial charge in [0.05, 0.1) is 11.0 Å². The molecule has 1 aromatic heterocycles. The zero-order valence-corrected chi connectivity index (χ0v) is 10.5. The van der Waals surface area contributed by atoms with E-state index in [0.717, 1.165) is 22.4 Å². The highest BCUT2D eigenvalue weighted by Crippen LogP contribution is 2.22. The number of H-pyrrole nitrogens is 1. The van der Waals surface area contributed by atoms with Gasteiger partial charge in [-0.1, -0.05) is 12.1 Å². The quantitative estimate of drug-likeness (QED) is 0.784. The Balaban J connectivity index is 1.83. The van der Waals surface area contributed by atoms with E-state index in [1.165, 1.54) is 0 Å². The maximum absolute atomic E-state index is 12.0. The van der Waals surface area contributed by atoms with E-state index in [-0.39, 0.29) is 0 Å². The molecule has 1 N–H and O–H groups in total. The van der Waals surface area contributed by atoms with Crippen LogP contribution in [0.25, 0.3) is 22.4 Å². The molecule has 0 fully saturated rings. The molecule has 1 heterocycles. The molecule has 0 saturated carbocycles. The number of benzene rings is 2. The Hall–Kier alpha value is -2.43. The molecule has 0 aliphatic rings. The van der Waals surface area contributed by atoms with Gasteiger partial charge in [0.2, 0.25) is 0 Å². The lowest BCUT2D eigenvalue weighted by atomic mass is 10.2. The van der Waals surface area contributed by atoms with E-state index in [9.17, 15) is 8.78 Å². The summed E-state index contributed by atoms with van der Waals surface area (Å²) < 4.78 is 29.0. The highest BCUT2D eigenvalue weighted by atomic mass is 19.3. The monoisotopic (exact) mass is 274 g/mol. The first-order chi connectivity index (χ1) is 9.72. The average molecular weight is 274 g/mol. The average Bonchev–Trinajstić information content (AvgIpc) is 2.89. The summed E-state index contributed by atoms with van der Waals surface area (Å²) in [7, 11) is 0. The number of nitrogens with zero attached hydrogens (tertiary/aromatic N) is 1. The van der Waals surface area contributed by atoms with Gasteiger partial charge < -0.3 is 9.72 Å². The third-order valence-electron chi connectivity index (χ3n) is 2.89. The predicted molar refractivity (Wildman–Crippen MR) is 73.0 cm³/mol. The fourth-order valence-corrected chi connectivity index (χ4v) is 1.96. The largest absolute Gasteiger partial charge is 0.488 e. The van der Waals surface area contributed by atoms with E-state index >= 15 is 0 Å². The number of ether oxygens (including phenoxy) is 1. The standard InChI is InChI=1S/C15H12F2N2O/c16-14(17)9-20-11-7-5-10(6-8-11)15-18-12-3-1-2-4-13(12)19-15/h1-8,14H,9H2,(H,18,19). The second kappa shape index (κ2) is 5.28. The Bertz CT molecular complexity index is 674. The van der Waals surface area contributed by atoms with E-state index in [1.54, 1.807) is 24.3 Å². The zero-order chi connectivity index (χ0) is 13.9. The van der Waals surface area contributed by atoms with Crippen LogP contribution < -0.4 is 4.74 Å². The van der Waals surface area contributed by atoms with Crippen LogP contribution in [0.2, 0.25) is 0 Å². The SMILES string of the molecule is FC(F)COc1ccc(-c2nc3ccccc3[nH]2)cc1. The molecule has 0 amide bonds. The molecule has 3 nitrogen and oxygen atoms in total. The van der Waals surface area contributed by atoms with Crippen molar-refractivity contribution < 1.29 is 13.5 Å². The number of aromatic amines is 1. The van der Waals surface area contributed by atoms with Crippen LogP contribution in [0.4, 0.5) is 8.78 Å². The molecule has 0 saturated heterocycles. The van der Waals surface area contributed by atoms with Crippen molar-refractivity contribution in [2.45, 2.75) is 6.43 Å². The first kappa shape index (κ1) is 12.6. The fourth-order valence-electron chi connectivity index (χ4n) is 1.96. The van der Waals surface area contributed by atoms with Crippen LogP contribution in [-0.4, -0.2) is 23.0 Å². The summed E-state index contributed by atoms with van der Waals surface area (Å²) in [5, 5.41) is 0. The van der Waals surface area contributed by atoms with Gasteiger partial charge in [-0.25, -0.2) is 13.8 Å². The van der Waals surface area contributed by atoms with Gasteiger partial charge in [-0.05, 0) is 36.4 Å². The Kier molecular flexibility index (Phi) is 3.33. The minimum absolute atomic E-state index is 0.421. The third kappa shape index (κ3) is 2.61. The molecule has 0 spiro atoms. The van der Waals surface area contributed by atoms with Crippen molar-refractivity contribution in [3.63, 3.8) is 0 Å². The lowest BCUT2D eigenvalue weighted by Crippen LogP contribution is -2.06. The van der Waals surface area contributed by atoms with Gasteiger partial charge >= 0.3 is 0 Å². The lowest BCUT2D eigenvalue weighted by Gasteiger charge is -2.05. The predicted octanol–water partition coefficient (Wildman–Crippen LogP) is 3.87. The number of imidazole rings is 1. The molecule has 0 unspecified atom stereocenters. The molecular formula is C15H12F2N2O. The summed E-state index contributed by atoms with van der Waals surface area (Å²) >= 11 is 0. The van der Waals surface area contributed by atoms with Gasteiger partial charge in [-0.15, -0.1) is 0 Å². The van der Waals surface area contributed by atoms with Crippen LogP contribution in [0.1, 0.15) is 0 Å². The molecule has 0 atom stereocenters. The topological polar surface area (TPSA) is 37.9 Å². The van der Waals surface area contributed by atoms with Crippen LogP contribution in [0.3, 0.4) is 0 Å². The second-order valence-electron chi connectivity index (χ2n) is 4.33. The number of rotatable bonds is 4. The van der Waals surface area contributed by atoms with E-state index in [2.05, 4.69) is 9.97 Å². The molecule has 3 aromatic rings. The Morgan fingerprint density at radius 1 is 1.05 bits per heavy atom. The fraction of sp³-hybridized carbons (Fsp3) is 0.133. The van der Waals surface area contributed by atoms with Crippen molar-refractivity contribution in [2.75, 3.05) is 6.61 Å². The second-order valence-corrected chi connectivity index (χ2v) is 4.33. The van der Waals surface area contributed by atoms with Crippen molar-refractivity contribution in [1.29, 1.82) is 0 Å². The van der Waals surface area contributed by atoms with Crippen LogP contribution in [0, 0.1) is 0 Å². The summed E-state index contributed by atoms with van der Waals surface area (Å²) in [5.41, 5.74) is 2.73. The highest BCUT2D eigenvalue weighted by molar-refractivity contribution is 5.79. The van der Waals surface area contributed by atoms with Crippen molar-refractivity contribution in [1.82, 2.24) is 9.97 Å². The smallest absolute Gasteiger partial charge is 0.272 e. The van der Waals surface area contributed by atoms with Crippen LogP contribution >= 0.6 is 0 Å². The maximum Gasteiger partial charge on any atom is 0.272 e. The Morgan fingerprint density at radius 2 is 1.80 bits per heavy atom. The Labute approximate surface area is 114 Å². The zero-order valence-electron chi connectivity index (χ0n) is 10.5. The van der Waals surface area contributed by atoms with E-state index in [0.29, 0.717) is 5.75 Å². The minimum atomic E-state index is -2.47. The molecule has 2 aromatic carbocycles. The maximum atomic E-state index is 12.0. The van der Waals surface area contributed by atoms with Gasteiger partial charge in [0.1, 0.15) is 18.2 Å². The van der Waals surface area contributed by atoms with Crippen molar-refractivity contribution in [3.8, 4) is 17.1 Å². The number of halogens is 2. The molecule has 0 bridgehead atoms. The summed E-state index contributed by atoms with van der Waals surface area (Å²) in [5.74, 6) is 1.16. The number of hydrogen-bond acceptors (Lipinski definition) is 2. The number of aromatic nitrogens is 2.